The molecule has 5 nitrogen and oxygen atoms in total. The van der Waals surface area contributed by atoms with E-state index in [1.807, 2.05) is 10.7 Å². The van der Waals surface area contributed by atoms with Crippen LogP contribution in [0.4, 0.5) is 14.6 Å². The minimum absolute atomic E-state index is 0.0950. The Hall–Kier alpha value is -1.50. The molecule has 0 aliphatic carbocycles. The number of hydrogen-bond acceptors (Lipinski definition) is 3. The molecule has 110 valence electrons. The first kappa shape index (κ1) is 13.5. The zero-order chi connectivity index (χ0) is 14.3. The van der Waals surface area contributed by atoms with Crippen molar-refractivity contribution in [1.82, 2.24) is 14.7 Å². The van der Waals surface area contributed by atoms with Gasteiger partial charge in [-0.3, -0.25) is 9.69 Å². The number of anilines is 1. The van der Waals surface area contributed by atoms with Crippen LogP contribution in [-0.2, 0) is 17.8 Å². The summed E-state index contributed by atoms with van der Waals surface area (Å²) in [7, 11) is 1.75. The van der Waals surface area contributed by atoms with Gasteiger partial charge >= 0.3 is 0 Å². The Balaban J connectivity index is 1.63. The largest absolute Gasteiger partial charge is 0.300 e. The molecule has 1 saturated heterocycles. The Labute approximate surface area is 116 Å². The molecule has 0 saturated carbocycles. The van der Waals surface area contributed by atoms with E-state index >= 15 is 0 Å². The van der Waals surface area contributed by atoms with E-state index in [-0.39, 0.29) is 19.0 Å². The zero-order valence-corrected chi connectivity index (χ0v) is 11.5. The molecule has 2 aliphatic rings. The monoisotopic (exact) mass is 284 g/mol. The van der Waals surface area contributed by atoms with Gasteiger partial charge in [0.1, 0.15) is 5.82 Å². The Morgan fingerprint density at radius 1 is 1.40 bits per heavy atom. The SMILES string of the molecule is CN1C(=O)CCCn2nc(CCN3CC(F)(F)C3)cc21. The highest BCUT2D eigenvalue weighted by atomic mass is 19.3. The van der Waals surface area contributed by atoms with Crippen molar-refractivity contribution in [2.24, 2.45) is 0 Å². The fourth-order valence-corrected chi connectivity index (χ4v) is 2.73. The third kappa shape index (κ3) is 2.54. The van der Waals surface area contributed by atoms with Crippen molar-refractivity contribution in [2.45, 2.75) is 31.7 Å². The lowest BCUT2D eigenvalue weighted by molar-refractivity contribution is -0.129. The van der Waals surface area contributed by atoms with E-state index in [0.29, 0.717) is 19.4 Å². The summed E-state index contributed by atoms with van der Waals surface area (Å²) in [6.07, 6.45) is 1.96. The fourth-order valence-electron chi connectivity index (χ4n) is 2.73. The van der Waals surface area contributed by atoms with Crippen LogP contribution >= 0.6 is 0 Å². The molecule has 0 atom stereocenters. The van der Waals surface area contributed by atoms with Crippen molar-refractivity contribution in [2.75, 3.05) is 31.6 Å². The van der Waals surface area contributed by atoms with Crippen molar-refractivity contribution >= 4 is 11.7 Å². The molecule has 20 heavy (non-hydrogen) atoms. The lowest BCUT2D eigenvalue weighted by Crippen LogP contribution is -2.56. The zero-order valence-electron chi connectivity index (χ0n) is 11.5. The van der Waals surface area contributed by atoms with E-state index in [1.165, 1.54) is 0 Å². The first-order valence-electron chi connectivity index (χ1n) is 6.88. The average Bonchev–Trinajstić information content (AvgIpc) is 2.70. The predicted octanol–water partition coefficient (Wildman–Crippen LogP) is 1.13. The highest BCUT2D eigenvalue weighted by molar-refractivity contribution is 5.92. The third-order valence-electron chi connectivity index (χ3n) is 3.88. The van der Waals surface area contributed by atoms with Crippen LogP contribution in [0.3, 0.4) is 0 Å². The van der Waals surface area contributed by atoms with Gasteiger partial charge in [0, 0.05) is 39.0 Å². The van der Waals surface area contributed by atoms with Gasteiger partial charge in [-0.05, 0) is 6.42 Å². The number of alkyl halides is 2. The van der Waals surface area contributed by atoms with E-state index in [1.54, 1.807) is 16.8 Å². The Bertz CT molecular complexity index is 520. The first-order valence-corrected chi connectivity index (χ1v) is 6.88. The van der Waals surface area contributed by atoms with Gasteiger partial charge in [-0.15, -0.1) is 0 Å². The lowest BCUT2D eigenvalue weighted by atomic mass is 10.1. The Morgan fingerprint density at radius 2 is 2.15 bits per heavy atom. The second-order valence-electron chi connectivity index (χ2n) is 5.59. The summed E-state index contributed by atoms with van der Waals surface area (Å²) in [6, 6.07) is 1.89. The molecule has 1 amide bonds. The highest BCUT2D eigenvalue weighted by Crippen LogP contribution is 2.27. The molecule has 7 heteroatoms. The van der Waals surface area contributed by atoms with Crippen LogP contribution in [0.5, 0.6) is 0 Å². The summed E-state index contributed by atoms with van der Waals surface area (Å²) in [5.74, 6) is -1.62. The van der Waals surface area contributed by atoms with E-state index in [0.717, 1.165) is 24.5 Å². The second kappa shape index (κ2) is 4.80. The van der Waals surface area contributed by atoms with Gasteiger partial charge in [0.25, 0.3) is 5.92 Å². The minimum Gasteiger partial charge on any atom is -0.300 e. The molecule has 1 fully saturated rings. The van der Waals surface area contributed by atoms with E-state index in [9.17, 15) is 13.6 Å². The maximum atomic E-state index is 12.7. The lowest BCUT2D eigenvalue weighted by Gasteiger charge is -2.38. The topological polar surface area (TPSA) is 41.4 Å². The summed E-state index contributed by atoms with van der Waals surface area (Å²) in [4.78, 5) is 15.1. The van der Waals surface area contributed by atoms with Crippen LogP contribution in [0.15, 0.2) is 6.07 Å². The van der Waals surface area contributed by atoms with Crippen molar-refractivity contribution < 1.29 is 13.6 Å². The van der Waals surface area contributed by atoms with Crippen LogP contribution in [-0.4, -0.2) is 53.2 Å². The number of hydrogen-bond donors (Lipinski definition) is 0. The predicted molar refractivity (Wildman–Crippen MR) is 70.0 cm³/mol. The molecule has 0 bridgehead atoms. The number of nitrogens with zero attached hydrogens (tertiary/aromatic N) is 4. The standard InChI is InChI=1S/C13H18F2N4O/c1-17-11-7-10(4-6-18-8-13(14,15)9-18)16-19(11)5-2-3-12(17)20/h7H,2-6,8-9H2,1H3. The molecular formula is C13H18F2N4O. The van der Waals surface area contributed by atoms with Crippen molar-refractivity contribution in [3.63, 3.8) is 0 Å². The van der Waals surface area contributed by atoms with Gasteiger partial charge in [0.15, 0.2) is 0 Å². The summed E-state index contributed by atoms with van der Waals surface area (Å²) < 4.78 is 27.3. The number of aromatic nitrogens is 2. The Kier molecular flexibility index (Phi) is 3.24. The molecule has 1 aromatic heterocycles. The molecule has 0 radical (unpaired) electrons. The minimum atomic E-state index is -2.52. The Morgan fingerprint density at radius 3 is 2.85 bits per heavy atom. The average molecular weight is 284 g/mol. The summed E-state index contributed by atoms with van der Waals surface area (Å²) in [5, 5.41) is 4.47. The number of rotatable bonds is 3. The molecule has 2 aliphatic heterocycles. The third-order valence-corrected chi connectivity index (χ3v) is 3.88. The molecule has 0 aromatic carbocycles. The first-order chi connectivity index (χ1) is 9.44. The second-order valence-corrected chi connectivity index (χ2v) is 5.59. The van der Waals surface area contributed by atoms with E-state index in [2.05, 4.69) is 5.10 Å². The molecular weight excluding hydrogens is 266 g/mol. The van der Waals surface area contributed by atoms with Gasteiger partial charge < -0.3 is 4.90 Å². The van der Waals surface area contributed by atoms with E-state index in [4.69, 9.17) is 0 Å². The van der Waals surface area contributed by atoms with Gasteiger partial charge in [-0.2, -0.15) is 5.10 Å². The van der Waals surface area contributed by atoms with Crippen LogP contribution < -0.4 is 4.90 Å². The maximum absolute atomic E-state index is 12.7. The fraction of sp³-hybridized carbons (Fsp3) is 0.692. The number of amides is 1. The molecule has 0 spiro atoms. The molecule has 3 rings (SSSR count). The van der Waals surface area contributed by atoms with Gasteiger partial charge in [0.2, 0.25) is 5.91 Å². The smallest absolute Gasteiger partial charge is 0.272 e. The van der Waals surface area contributed by atoms with Gasteiger partial charge in [-0.25, -0.2) is 13.5 Å². The highest BCUT2D eigenvalue weighted by Gasteiger charge is 2.43. The molecule has 1 aromatic rings. The van der Waals surface area contributed by atoms with Crippen LogP contribution in [0, 0.1) is 0 Å². The maximum Gasteiger partial charge on any atom is 0.272 e. The van der Waals surface area contributed by atoms with Crippen molar-refractivity contribution in [3.8, 4) is 0 Å². The van der Waals surface area contributed by atoms with Gasteiger partial charge in [-0.1, -0.05) is 0 Å². The van der Waals surface area contributed by atoms with Crippen LogP contribution in [0.1, 0.15) is 18.5 Å². The summed E-state index contributed by atoms with van der Waals surface area (Å²) >= 11 is 0. The number of fused-ring (bicyclic) bond motifs is 1. The number of halogens is 2. The summed E-state index contributed by atoms with van der Waals surface area (Å²) in [5.41, 5.74) is 0.858. The van der Waals surface area contributed by atoms with Crippen molar-refractivity contribution in [1.29, 1.82) is 0 Å². The summed E-state index contributed by atoms with van der Waals surface area (Å²) in [6.45, 7) is 1.01. The molecule has 3 heterocycles. The van der Waals surface area contributed by atoms with Crippen LogP contribution in [0.25, 0.3) is 0 Å². The normalized spacial score (nSPS) is 22.4. The number of carbonyl (C=O) groups excluding carboxylic acids is 1. The quantitative estimate of drug-likeness (QED) is 0.835. The number of carbonyl (C=O) groups is 1. The number of aryl methyl sites for hydroxylation is 1. The van der Waals surface area contributed by atoms with Crippen molar-refractivity contribution in [3.05, 3.63) is 11.8 Å². The number of likely N-dealkylation sites (tertiary alicyclic amines) is 1. The van der Waals surface area contributed by atoms with Gasteiger partial charge in [0.05, 0.1) is 18.8 Å². The molecule has 0 unspecified atom stereocenters. The van der Waals surface area contributed by atoms with Crippen LogP contribution in [0.2, 0.25) is 0 Å². The van der Waals surface area contributed by atoms with E-state index < -0.39 is 5.92 Å². The molecule has 0 N–H and O–H groups in total.